The van der Waals surface area contributed by atoms with E-state index in [1.54, 1.807) is 20.3 Å². The van der Waals surface area contributed by atoms with Gasteiger partial charge in [0.25, 0.3) is 0 Å². The van der Waals surface area contributed by atoms with Crippen LogP contribution in [0.5, 0.6) is 11.5 Å². The molecule has 4 aromatic rings. The highest BCUT2D eigenvalue weighted by atomic mass is 16.5. The van der Waals surface area contributed by atoms with E-state index in [-0.39, 0.29) is 5.41 Å². The molecule has 5 rings (SSSR count). The first-order chi connectivity index (χ1) is 16.7. The van der Waals surface area contributed by atoms with Gasteiger partial charge in [0, 0.05) is 0 Å². The summed E-state index contributed by atoms with van der Waals surface area (Å²) in [5.74, 6) is 1.72. The number of methoxy groups -OCH3 is 2. The van der Waals surface area contributed by atoms with Crippen LogP contribution >= 0.6 is 0 Å². The van der Waals surface area contributed by atoms with Gasteiger partial charge in [-0.15, -0.1) is 6.58 Å². The molecule has 0 unspecified atom stereocenters. The maximum absolute atomic E-state index is 5.42. The van der Waals surface area contributed by atoms with Gasteiger partial charge < -0.3 is 9.47 Å². The van der Waals surface area contributed by atoms with E-state index in [9.17, 15) is 0 Å². The van der Waals surface area contributed by atoms with Gasteiger partial charge in [-0.05, 0) is 64.6 Å². The van der Waals surface area contributed by atoms with Crippen LogP contribution in [-0.2, 0) is 5.41 Å². The number of allylic oxidation sites excluding steroid dienone is 1. The molecule has 0 aliphatic heterocycles. The van der Waals surface area contributed by atoms with Crippen molar-refractivity contribution in [1.29, 1.82) is 0 Å². The normalized spacial score (nSPS) is 12.0. The van der Waals surface area contributed by atoms with Gasteiger partial charge in [-0.2, -0.15) is 0 Å². The SMILES string of the molecule is C=CC.CC.COc1ccc(C2(c3ccc(OC)cc3)c3ccccc3-c3ccccc32)cc1. The van der Waals surface area contributed by atoms with E-state index in [2.05, 4.69) is 79.4 Å². The molecule has 0 bridgehead atoms. The Morgan fingerprint density at radius 1 is 0.588 bits per heavy atom. The summed E-state index contributed by atoms with van der Waals surface area (Å²) in [6, 6.07) is 34.4. The Labute approximate surface area is 204 Å². The van der Waals surface area contributed by atoms with Gasteiger partial charge in [0.2, 0.25) is 0 Å². The van der Waals surface area contributed by atoms with Crippen molar-refractivity contribution in [3.05, 3.63) is 132 Å². The first-order valence-electron chi connectivity index (χ1n) is 11.8. The minimum Gasteiger partial charge on any atom is -0.497 e. The summed E-state index contributed by atoms with van der Waals surface area (Å²) in [4.78, 5) is 0. The summed E-state index contributed by atoms with van der Waals surface area (Å²) in [6.07, 6.45) is 1.75. The lowest BCUT2D eigenvalue weighted by molar-refractivity contribution is 0.414. The molecule has 2 heteroatoms. The molecule has 1 aliphatic carbocycles. The van der Waals surface area contributed by atoms with E-state index >= 15 is 0 Å². The molecule has 0 spiro atoms. The molecule has 0 heterocycles. The van der Waals surface area contributed by atoms with Gasteiger partial charge in [0.05, 0.1) is 19.6 Å². The summed E-state index contributed by atoms with van der Waals surface area (Å²) in [7, 11) is 3.41. The van der Waals surface area contributed by atoms with Gasteiger partial charge in [-0.25, -0.2) is 0 Å². The summed E-state index contributed by atoms with van der Waals surface area (Å²) in [5.41, 5.74) is 7.24. The maximum atomic E-state index is 5.42. The fourth-order valence-electron chi connectivity index (χ4n) is 4.71. The van der Waals surface area contributed by atoms with E-state index in [0.29, 0.717) is 0 Å². The van der Waals surface area contributed by atoms with Gasteiger partial charge in [-0.3, -0.25) is 0 Å². The summed E-state index contributed by atoms with van der Waals surface area (Å²) in [5, 5.41) is 0. The molecule has 2 nitrogen and oxygen atoms in total. The van der Waals surface area contributed by atoms with E-state index in [0.717, 1.165) is 11.5 Å². The van der Waals surface area contributed by atoms with Crippen LogP contribution in [-0.4, -0.2) is 14.2 Å². The van der Waals surface area contributed by atoms with Crippen LogP contribution in [0, 0.1) is 0 Å². The third-order valence-corrected chi connectivity index (χ3v) is 6.00. The summed E-state index contributed by atoms with van der Waals surface area (Å²) >= 11 is 0. The van der Waals surface area contributed by atoms with E-state index in [4.69, 9.17) is 9.47 Å². The van der Waals surface area contributed by atoms with Crippen molar-refractivity contribution in [2.45, 2.75) is 26.2 Å². The quantitative estimate of drug-likeness (QED) is 0.256. The topological polar surface area (TPSA) is 18.5 Å². The van der Waals surface area contributed by atoms with Gasteiger partial charge in [0.1, 0.15) is 11.5 Å². The molecule has 34 heavy (non-hydrogen) atoms. The van der Waals surface area contributed by atoms with Crippen LogP contribution in [0.4, 0.5) is 0 Å². The highest BCUT2D eigenvalue weighted by Gasteiger charge is 2.45. The minimum absolute atomic E-state index is 0.383. The summed E-state index contributed by atoms with van der Waals surface area (Å²) in [6.45, 7) is 9.25. The molecule has 0 radical (unpaired) electrons. The fraction of sp³-hybridized carbons (Fsp3) is 0.188. The van der Waals surface area contributed by atoms with E-state index in [1.165, 1.54) is 33.4 Å². The zero-order chi connectivity index (χ0) is 24.6. The van der Waals surface area contributed by atoms with Crippen molar-refractivity contribution in [1.82, 2.24) is 0 Å². The zero-order valence-electron chi connectivity index (χ0n) is 20.8. The largest absolute Gasteiger partial charge is 0.497 e. The molecule has 0 N–H and O–H groups in total. The fourth-order valence-corrected chi connectivity index (χ4v) is 4.71. The monoisotopic (exact) mass is 450 g/mol. The Bertz CT molecular complexity index is 1110. The Morgan fingerprint density at radius 2 is 0.912 bits per heavy atom. The first-order valence-corrected chi connectivity index (χ1v) is 11.8. The number of hydrogen-bond donors (Lipinski definition) is 0. The van der Waals surface area contributed by atoms with Crippen molar-refractivity contribution in [3.8, 4) is 22.6 Å². The van der Waals surface area contributed by atoms with Crippen molar-refractivity contribution in [2.75, 3.05) is 14.2 Å². The van der Waals surface area contributed by atoms with E-state index < -0.39 is 0 Å². The van der Waals surface area contributed by atoms with Crippen LogP contribution in [0.25, 0.3) is 11.1 Å². The number of hydrogen-bond acceptors (Lipinski definition) is 2. The molecular weight excluding hydrogens is 416 g/mol. The van der Waals surface area contributed by atoms with Crippen LogP contribution in [0.1, 0.15) is 43.0 Å². The van der Waals surface area contributed by atoms with Crippen molar-refractivity contribution < 1.29 is 9.47 Å². The highest BCUT2D eigenvalue weighted by molar-refractivity contribution is 5.86. The van der Waals surface area contributed by atoms with Crippen LogP contribution in [0.15, 0.2) is 110 Å². The number of fused-ring (bicyclic) bond motifs is 3. The Morgan fingerprint density at radius 3 is 1.24 bits per heavy atom. The summed E-state index contributed by atoms with van der Waals surface area (Å²) < 4.78 is 10.8. The van der Waals surface area contributed by atoms with Gasteiger partial charge in [-0.1, -0.05) is 92.7 Å². The third-order valence-electron chi connectivity index (χ3n) is 6.00. The lowest BCUT2D eigenvalue weighted by Gasteiger charge is -2.34. The smallest absolute Gasteiger partial charge is 0.118 e. The van der Waals surface area contributed by atoms with Crippen molar-refractivity contribution in [3.63, 3.8) is 0 Å². The number of benzene rings is 4. The van der Waals surface area contributed by atoms with Crippen LogP contribution in [0.3, 0.4) is 0 Å². The average Bonchev–Trinajstić information content (AvgIpc) is 3.22. The van der Waals surface area contributed by atoms with Gasteiger partial charge in [0.15, 0.2) is 0 Å². The van der Waals surface area contributed by atoms with Crippen molar-refractivity contribution in [2.24, 2.45) is 0 Å². The van der Waals surface area contributed by atoms with Crippen molar-refractivity contribution >= 4 is 0 Å². The lowest BCUT2D eigenvalue weighted by Crippen LogP contribution is -2.28. The molecule has 0 saturated heterocycles. The molecular formula is C32H34O2. The Balaban J connectivity index is 0.000000603. The Kier molecular flexibility index (Phi) is 8.32. The predicted octanol–water partition coefficient (Wildman–Crippen LogP) is 8.29. The van der Waals surface area contributed by atoms with Crippen LogP contribution in [0.2, 0.25) is 0 Å². The minimum atomic E-state index is -0.383. The van der Waals surface area contributed by atoms with E-state index in [1.807, 2.05) is 45.0 Å². The molecule has 0 fully saturated rings. The lowest BCUT2D eigenvalue weighted by atomic mass is 9.68. The number of ether oxygens (including phenoxy) is 2. The molecule has 0 saturated carbocycles. The standard InChI is InChI=1S/C27H22O2.C3H6.C2H6/c1-28-21-15-11-19(12-16-21)27(20-13-17-22(29-2)18-14-20)25-9-5-3-7-23(25)24-8-4-6-10-26(24)27;1-3-2;1-2/h3-18H,1-2H3;3H,1H2,2H3;1-2H3. The maximum Gasteiger partial charge on any atom is 0.118 e. The predicted molar refractivity (Wildman–Crippen MR) is 144 cm³/mol. The molecule has 0 amide bonds. The molecule has 0 aromatic heterocycles. The average molecular weight is 451 g/mol. The molecule has 174 valence electrons. The van der Waals surface area contributed by atoms with Gasteiger partial charge >= 0.3 is 0 Å². The number of rotatable bonds is 4. The third kappa shape index (κ3) is 4.24. The Hall–Kier alpha value is -3.78. The second-order valence-corrected chi connectivity index (χ2v) is 7.71. The highest BCUT2D eigenvalue weighted by Crippen LogP contribution is 2.56. The molecule has 0 atom stereocenters. The molecule has 1 aliphatic rings. The van der Waals surface area contributed by atoms with Crippen LogP contribution < -0.4 is 9.47 Å². The first kappa shape index (κ1) is 24.9. The molecule has 4 aromatic carbocycles. The zero-order valence-corrected chi connectivity index (χ0v) is 20.8. The second kappa shape index (κ2) is 11.4. The second-order valence-electron chi connectivity index (χ2n) is 7.71.